The molecular weight excluding hydrogens is 326 g/mol. The molecule has 0 bridgehead atoms. The van der Waals surface area contributed by atoms with E-state index in [4.69, 9.17) is 9.47 Å². The monoisotopic (exact) mass is 345 g/mol. The summed E-state index contributed by atoms with van der Waals surface area (Å²) >= 11 is 1.06. The molecule has 6 nitrogen and oxygen atoms in total. The number of carbonyl (C=O) groups is 1. The van der Waals surface area contributed by atoms with Crippen LogP contribution in [0, 0.1) is 5.41 Å². The minimum Gasteiger partial charge on any atom is -0.353 e. The van der Waals surface area contributed by atoms with Crippen LogP contribution in [0.4, 0.5) is 0 Å². The molecule has 1 aliphatic carbocycles. The number of methoxy groups -OCH3 is 2. The molecule has 1 aliphatic heterocycles. The van der Waals surface area contributed by atoms with Gasteiger partial charge in [0, 0.05) is 39.0 Å². The zero-order valence-corrected chi connectivity index (χ0v) is 14.5. The second-order valence-electron chi connectivity index (χ2n) is 6.57. The van der Waals surface area contributed by atoms with Gasteiger partial charge in [-0.3, -0.25) is 4.79 Å². The summed E-state index contributed by atoms with van der Waals surface area (Å²) in [5.41, 5.74) is 1.56. The highest BCUT2D eigenvalue weighted by atomic mass is 32.1. The van der Waals surface area contributed by atoms with Crippen molar-refractivity contribution < 1.29 is 14.3 Å². The average Bonchev–Trinajstić information content (AvgIpc) is 3.09. The molecule has 4 rings (SSSR count). The van der Waals surface area contributed by atoms with Crippen LogP contribution in [0.3, 0.4) is 0 Å². The molecule has 0 N–H and O–H groups in total. The molecule has 1 atom stereocenters. The predicted octanol–water partition coefficient (Wildman–Crippen LogP) is 2.50. The van der Waals surface area contributed by atoms with E-state index in [-0.39, 0.29) is 17.4 Å². The van der Waals surface area contributed by atoms with Crippen molar-refractivity contribution in [3.63, 3.8) is 0 Å². The number of carbonyl (C=O) groups excluding carboxylic acids is 1. The van der Waals surface area contributed by atoms with Crippen molar-refractivity contribution in [3.05, 3.63) is 47.8 Å². The molecule has 1 aromatic carbocycles. The third kappa shape index (κ3) is 2.19. The Kier molecular flexibility index (Phi) is 3.67. The lowest BCUT2D eigenvalue weighted by Crippen LogP contribution is -2.71. The molecule has 0 radical (unpaired) electrons. The molecule has 126 valence electrons. The molecule has 2 fully saturated rings. The van der Waals surface area contributed by atoms with E-state index in [0.29, 0.717) is 12.2 Å². The number of ether oxygens (including phenoxy) is 2. The number of likely N-dealkylation sites (tertiary alicyclic amines) is 1. The first-order valence-electron chi connectivity index (χ1n) is 7.87. The molecular formula is C17H19N3O3S. The highest BCUT2D eigenvalue weighted by Crippen LogP contribution is 2.65. The van der Waals surface area contributed by atoms with Crippen molar-refractivity contribution in [3.8, 4) is 0 Å². The summed E-state index contributed by atoms with van der Waals surface area (Å²) in [4.78, 5) is 14.7. The van der Waals surface area contributed by atoms with Crippen LogP contribution >= 0.6 is 11.7 Å². The Bertz CT molecular complexity index is 723. The minimum absolute atomic E-state index is 0.00643. The number of hydrogen-bond acceptors (Lipinski definition) is 6. The third-order valence-electron chi connectivity index (χ3n) is 5.32. The van der Waals surface area contributed by atoms with E-state index in [9.17, 15) is 4.79 Å². The van der Waals surface area contributed by atoms with Crippen LogP contribution in [0.25, 0.3) is 0 Å². The van der Waals surface area contributed by atoms with Gasteiger partial charge in [0.1, 0.15) is 0 Å². The van der Waals surface area contributed by atoms with E-state index in [1.807, 2.05) is 23.1 Å². The summed E-state index contributed by atoms with van der Waals surface area (Å²) in [6.07, 6.45) is 3.10. The maximum absolute atomic E-state index is 12.8. The van der Waals surface area contributed by atoms with Gasteiger partial charge in [0.25, 0.3) is 5.91 Å². The summed E-state index contributed by atoms with van der Waals surface area (Å²) in [5, 5.41) is 0. The summed E-state index contributed by atoms with van der Waals surface area (Å²) in [7, 11) is 3.35. The maximum Gasteiger partial charge on any atom is 0.275 e. The number of hydrogen-bond donors (Lipinski definition) is 0. The molecule has 1 amide bonds. The lowest BCUT2D eigenvalue weighted by Gasteiger charge is -2.67. The molecule has 2 aromatic rings. The Morgan fingerprint density at radius 2 is 1.96 bits per heavy atom. The van der Waals surface area contributed by atoms with E-state index in [1.54, 1.807) is 14.2 Å². The summed E-state index contributed by atoms with van der Waals surface area (Å²) in [6.45, 7) is 0.692. The molecule has 24 heavy (non-hydrogen) atoms. The maximum atomic E-state index is 12.8. The van der Waals surface area contributed by atoms with Gasteiger partial charge < -0.3 is 14.4 Å². The van der Waals surface area contributed by atoms with Gasteiger partial charge in [-0.15, -0.1) is 0 Å². The topological polar surface area (TPSA) is 64.6 Å². The first-order valence-corrected chi connectivity index (χ1v) is 8.60. The van der Waals surface area contributed by atoms with Crippen LogP contribution in [-0.2, 0) is 9.47 Å². The summed E-state index contributed by atoms with van der Waals surface area (Å²) in [5.74, 6) is -0.583. The Morgan fingerprint density at radius 3 is 2.54 bits per heavy atom. The lowest BCUT2D eigenvalue weighted by molar-refractivity contribution is -0.330. The van der Waals surface area contributed by atoms with E-state index in [0.717, 1.165) is 30.1 Å². The van der Waals surface area contributed by atoms with Crippen molar-refractivity contribution in [1.29, 1.82) is 0 Å². The molecule has 2 aliphatic rings. The Hall–Kier alpha value is -1.83. The molecule has 7 heteroatoms. The van der Waals surface area contributed by atoms with Gasteiger partial charge in [0.2, 0.25) is 0 Å². The zero-order chi connectivity index (χ0) is 16.8. The van der Waals surface area contributed by atoms with Crippen LogP contribution in [0.15, 0.2) is 36.5 Å². The van der Waals surface area contributed by atoms with Crippen LogP contribution < -0.4 is 0 Å². The average molecular weight is 345 g/mol. The summed E-state index contributed by atoms with van der Waals surface area (Å²) in [6, 6.07) is 10.2. The van der Waals surface area contributed by atoms with Gasteiger partial charge in [-0.25, -0.2) is 0 Å². The smallest absolute Gasteiger partial charge is 0.275 e. The van der Waals surface area contributed by atoms with Gasteiger partial charge in [-0.2, -0.15) is 8.75 Å². The van der Waals surface area contributed by atoms with Gasteiger partial charge in [0.05, 0.1) is 24.0 Å². The van der Waals surface area contributed by atoms with Crippen LogP contribution in [-0.4, -0.2) is 46.1 Å². The second kappa shape index (κ2) is 5.61. The van der Waals surface area contributed by atoms with E-state index in [2.05, 4.69) is 20.9 Å². The fraction of sp³-hybridized carbons (Fsp3) is 0.471. The Balaban J connectivity index is 1.63. The number of rotatable bonds is 4. The molecule has 1 saturated heterocycles. The first-order chi connectivity index (χ1) is 11.6. The standard InChI is InChI=1S/C17H19N3O3S/c1-22-17(23-2)9-16(10-17)11-20(15(21)13-8-18-24-19-13)14(16)12-6-4-3-5-7-12/h3-8,14H,9-11H2,1-2H3. The Labute approximate surface area is 144 Å². The third-order valence-corrected chi connectivity index (χ3v) is 5.80. The SMILES string of the molecule is COC1(OC)CC2(CN(C(=O)c3cnsn3)C2c2ccccc2)C1. The molecule has 1 aromatic heterocycles. The first kappa shape index (κ1) is 15.7. The lowest BCUT2D eigenvalue weighted by atomic mass is 9.53. The van der Waals surface area contributed by atoms with E-state index in [1.165, 1.54) is 6.20 Å². The van der Waals surface area contributed by atoms with Crippen molar-refractivity contribution >= 4 is 17.6 Å². The second-order valence-corrected chi connectivity index (χ2v) is 7.13. The van der Waals surface area contributed by atoms with Crippen molar-refractivity contribution in [2.75, 3.05) is 20.8 Å². The van der Waals surface area contributed by atoms with Gasteiger partial charge in [-0.1, -0.05) is 30.3 Å². The Morgan fingerprint density at radius 1 is 1.25 bits per heavy atom. The van der Waals surface area contributed by atoms with Crippen LogP contribution in [0.2, 0.25) is 0 Å². The van der Waals surface area contributed by atoms with Crippen LogP contribution in [0.5, 0.6) is 0 Å². The number of amides is 1. The van der Waals surface area contributed by atoms with Crippen molar-refractivity contribution in [2.45, 2.75) is 24.7 Å². The quantitative estimate of drug-likeness (QED) is 0.797. The highest BCUT2D eigenvalue weighted by Gasteiger charge is 2.67. The number of benzene rings is 1. The molecule has 1 spiro atoms. The minimum atomic E-state index is -0.523. The number of aromatic nitrogens is 2. The normalized spacial score (nSPS) is 23.6. The number of nitrogens with zero attached hydrogens (tertiary/aromatic N) is 3. The predicted molar refractivity (Wildman–Crippen MR) is 88.5 cm³/mol. The van der Waals surface area contributed by atoms with Crippen molar-refractivity contribution in [1.82, 2.24) is 13.6 Å². The van der Waals surface area contributed by atoms with Crippen molar-refractivity contribution in [2.24, 2.45) is 5.41 Å². The van der Waals surface area contributed by atoms with E-state index < -0.39 is 5.79 Å². The fourth-order valence-electron chi connectivity index (χ4n) is 4.20. The fourth-order valence-corrected chi connectivity index (χ4v) is 4.60. The zero-order valence-electron chi connectivity index (χ0n) is 13.6. The highest BCUT2D eigenvalue weighted by molar-refractivity contribution is 6.99. The molecule has 1 unspecified atom stereocenters. The van der Waals surface area contributed by atoms with Gasteiger partial charge in [-0.05, 0) is 5.56 Å². The largest absolute Gasteiger partial charge is 0.353 e. The molecule has 1 saturated carbocycles. The molecule has 2 heterocycles. The van der Waals surface area contributed by atoms with Gasteiger partial charge >= 0.3 is 0 Å². The summed E-state index contributed by atoms with van der Waals surface area (Å²) < 4.78 is 19.2. The van der Waals surface area contributed by atoms with E-state index >= 15 is 0 Å². The van der Waals surface area contributed by atoms with Crippen LogP contribution in [0.1, 0.15) is 34.9 Å². The van der Waals surface area contributed by atoms with Gasteiger partial charge in [0.15, 0.2) is 11.5 Å².